The number of alkyl carbamates (subject to hydrolysis) is 1. The molecule has 0 aromatic heterocycles. The second-order valence-electron chi connectivity index (χ2n) is 5.52. The van der Waals surface area contributed by atoms with Crippen molar-refractivity contribution in [2.24, 2.45) is 0 Å². The summed E-state index contributed by atoms with van der Waals surface area (Å²) in [4.78, 5) is 11.5. The van der Waals surface area contributed by atoms with E-state index in [4.69, 9.17) is 14.6 Å². The topological polar surface area (TPSA) is 67.8 Å². The average Bonchev–Trinajstić information content (AvgIpc) is 2.47. The van der Waals surface area contributed by atoms with Crippen LogP contribution in [0.5, 0.6) is 0 Å². The molecule has 0 atom stereocenters. The highest BCUT2D eigenvalue weighted by molar-refractivity contribution is 5.68. The maximum absolute atomic E-state index is 14.0. The van der Waals surface area contributed by atoms with Crippen molar-refractivity contribution >= 4 is 6.09 Å². The minimum Gasteiger partial charge on any atom is -0.490 e. The fourth-order valence-electron chi connectivity index (χ4n) is 1.46. The lowest BCUT2D eigenvalue weighted by Crippen LogP contribution is -2.32. The fraction of sp³-hybridized carbons (Fsp3) is 0.588. The fourth-order valence-corrected chi connectivity index (χ4v) is 1.46. The Morgan fingerprint density at radius 3 is 2.52 bits per heavy atom. The van der Waals surface area contributed by atoms with E-state index in [1.165, 1.54) is 0 Å². The predicted octanol–water partition coefficient (Wildman–Crippen LogP) is 3.06. The van der Waals surface area contributed by atoms with Crippen LogP contribution < -0.4 is 5.32 Å². The molecule has 0 bridgehead atoms. The first-order valence-electron chi connectivity index (χ1n) is 7.49. The lowest BCUT2D eigenvalue weighted by Gasteiger charge is -2.19. The third-order valence-corrected chi connectivity index (χ3v) is 2.37. The molecule has 23 heavy (non-hydrogen) atoms. The van der Waals surface area contributed by atoms with Gasteiger partial charge >= 0.3 is 6.09 Å². The van der Waals surface area contributed by atoms with Crippen molar-refractivity contribution in [2.75, 3.05) is 19.8 Å². The van der Waals surface area contributed by atoms with Gasteiger partial charge in [-0.2, -0.15) is 0 Å². The van der Waals surface area contributed by atoms with Crippen LogP contribution in [0.4, 0.5) is 9.18 Å². The maximum atomic E-state index is 14.0. The number of allylic oxidation sites excluding steroid dienone is 3. The van der Waals surface area contributed by atoms with E-state index in [1.807, 2.05) is 0 Å². The normalized spacial score (nSPS) is 12.7. The summed E-state index contributed by atoms with van der Waals surface area (Å²) in [5, 5.41) is 11.3. The van der Waals surface area contributed by atoms with Gasteiger partial charge < -0.3 is 19.9 Å². The van der Waals surface area contributed by atoms with Gasteiger partial charge in [-0.3, -0.25) is 0 Å². The van der Waals surface area contributed by atoms with Gasteiger partial charge in [0, 0.05) is 0 Å². The number of hydrogen-bond donors (Lipinski definition) is 2. The highest BCUT2D eigenvalue weighted by Crippen LogP contribution is 2.19. The van der Waals surface area contributed by atoms with Crippen LogP contribution >= 0.6 is 0 Å². The zero-order chi connectivity index (χ0) is 17.9. The van der Waals surface area contributed by atoms with E-state index in [2.05, 4.69) is 17.2 Å². The zero-order valence-electron chi connectivity index (χ0n) is 14.5. The van der Waals surface area contributed by atoms with Gasteiger partial charge in [0.1, 0.15) is 23.8 Å². The van der Waals surface area contributed by atoms with E-state index >= 15 is 0 Å². The number of halogens is 1. The molecule has 0 radical (unpaired) electrons. The Morgan fingerprint density at radius 1 is 1.39 bits per heavy atom. The van der Waals surface area contributed by atoms with Crippen molar-refractivity contribution in [1.82, 2.24) is 5.32 Å². The van der Waals surface area contributed by atoms with Gasteiger partial charge in [-0.25, -0.2) is 9.18 Å². The Labute approximate surface area is 137 Å². The van der Waals surface area contributed by atoms with Crippen molar-refractivity contribution in [3.8, 4) is 11.8 Å². The van der Waals surface area contributed by atoms with Crippen LogP contribution in [0.2, 0.25) is 0 Å². The van der Waals surface area contributed by atoms with Crippen LogP contribution in [-0.2, 0) is 9.47 Å². The van der Waals surface area contributed by atoms with Gasteiger partial charge in [-0.1, -0.05) is 18.8 Å². The molecule has 130 valence electrons. The van der Waals surface area contributed by atoms with Gasteiger partial charge in [0.25, 0.3) is 0 Å². The third kappa shape index (κ3) is 9.59. The molecule has 5 nitrogen and oxygen atoms in total. The summed E-state index contributed by atoms with van der Waals surface area (Å²) in [5.41, 5.74) is -0.470. The number of aliphatic hydroxyl groups excluding tert-OH is 1. The molecule has 0 aliphatic heterocycles. The average molecular weight is 327 g/mol. The van der Waals surface area contributed by atoms with Crippen molar-refractivity contribution in [1.29, 1.82) is 0 Å². The minimum absolute atomic E-state index is 0.0202. The van der Waals surface area contributed by atoms with Crippen molar-refractivity contribution < 1.29 is 23.8 Å². The summed E-state index contributed by atoms with van der Waals surface area (Å²) in [6.07, 6.45) is 1.16. The summed E-state index contributed by atoms with van der Waals surface area (Å²) in [7, 11) is 0. The van der Waals surface area contributed by atoms with Crippen LogP contribution in [0.1, 0.15) is 41.0 Å². The van der Waals surface area contributed by atoms with E-state index in [1.54, 1.807) is 40.7 Å². The van der Waals surface area contributed by atoms with Crippen molar-refractivity contribution in [2.45, 2.75) is 46.6 Å². The van der Waals surface area contributed by atoms with E-state index in [0.29, 0.717) is 0 Å². The molecular weight excluding hydrogens is 301 g/mol. The molecule has 0 aromatic carbocycles. The second kappa shape index (κ2) is 10.7. The zero-order valence-corrected chi connectivity index (χ0v) is 14.5. The number of carbonyl (C=O) groups excluding carboxylic acids is 1. The Hall–Kier alpha value is -2.00. The molecule has 6 heteroatoms. The quantitative estimate of drug-likeness (QED) is 0.447. The Balaban J connectivity index is 4.87. The molecule has 0 heterocycles. The lowest BCUT2D eigenvalue weighted by atomic mass is 10.1. The van der Waals surface area contributed by atoms with Crippen LogP contribution in [0.3, 0.4) is 0 Å². The van der Waals surface area contributed by atoms with Gasteiger partial charge in [0.15, 0.2) is 0 Å². The van der Waals surface area contributed by atoms with Crippen LogP contribution in [0.25, 0.3) is 0 Å². The van der Waals surface area contributed by atoms with E-state index < -0.39 is 17.5 Å². The molecule has 0 saturated carbocycles. The number of carbonyl (C=O) groups is 1. The number of aliphatic hydroxyl groups is 1. The van der Waals surface area contributed by atoms with Gasteiger partial charge in [-0.15, -0.1) is 0 Å². The van der Waals surface area contributed by atoms with E-state index in [9.17, 15) is 9.18 Å². The third-order valence-electron chi connectivity index (χ3n) is 2.37. The molecule has 0 aromatic rings. The number of rotatable bonds is 6. The molecule has 0 fully saturated rings. The largest absolute Gasteiger partial charge is 0.490 e. The summed E-state index contributed by atoms with van der Waals surface area (Å²) in [5.74, 6) is 5.17. The van der Waals surface area contributed by atoms with E-state index in [0.717, 1.165) is 0 Å². The molecule has 2 N–H and O–H groups in total. The first-order valence-corrected chi connectivity index (χ1v) is 7.49. The number of hydrogen-bond acceptors (Lipinski definition) is 4. The monoisotopic (exact) mass is 327 g/mol. The van der Waals surface area contributed by atoms with Gasteiger partial charge in [0.05, 0.1) is 18.7 Å². The Bertz CT molecular complexity index is 507. The summed E-state index contributed by atoms with van der Waals surface area (Å²) in [6.45, 7) is 8.52. The summed E-state index contributed by atoms with van der Waals surface area (Å²) >= 11 is 0. The Kier molecular flexibility index (Phi) is 9.75. The van der Waals surface area contributed by atoms with Crippen molar-refractivity contribution in [3.63, 3.8) is 0 Å². The first-order chi connectivity index (χ1) is 10.7. The van der Waals surface area contributed by atoms with Crippen molar-refractivity contribution in [3.05, 3.63) is 23.2 Å². The Morgan fingerprint density at radius 2 is 2.04 bits per heavy atom. The lowest BCUT2D eigenvalue weighted by molar-refractivity contribution is 0.0535. The smallest absolute Gasteiger partial charge is 0.408 e. The first kappa shape index (κ1) is 21.0. The highest BCUT2D eigenvalue weighted by Gasteiger charge is 2.15. The van der Waals surface area contributed by atoms with E-state index in [-0.39, 0.29) is 37.5 Å². The number of amides is 1. The highest BCUT2D eigenvalue weighted by atomic mass is 19.1. The summed E-state index contributed by atoms with van der Waals surface area (Å²) in [6, 6.07) is 0. The number of ether oxygens (including phenoxy) is 2. The standard InChI is InChI=1S/C17H26FNO4/c1-6-14(18)13(15(7-2)22-12-11-20)9-8-10-19-16(21)23-17(3,4)5/h7,20H,6,10-12H2,1-5H3,(H,19,21)/b14-13+,15-7+. The molecule has 0 aliphatic carbocycles. The maximum Gasteiger partial charge on any atom is 0.408 e. The van der Waals surface area contributed by atoms with Crippen LogP contribution in [-0.4, -0.2) is 36.6 Å². The number of nitrogens with one attached hydrogen (secondary N) is 1. The molecule has 0 spiro atoms. The molecule has 1 amide bonds. The molecular formula is C17H26FNO4. The van der Waals surface area contributed by atoms with Gasteiger partial charge in [0.2, 0.25) is 0 Å². The van der Waals surface area contributed by atoms with Gasteiger partial charge in [-0.05, 0) is 40.2 Å². The van der Waals surface area contributed by atoms with Crippen LogP contribution in [0.15, 0.2) is 23.2 Å². The predicted molar refractivity (Wildman–Crippen MR) is 87.2 cm³/mol. The van der Waals surface area contributed by atoms with Crippen LogP contribution in [0, 0.1) is 11.8 Å². The summed E-state index contributed by atoms with van der Waals surface area (Å²) < 4.78 is 24.3. The molecule has 0 unspecified atom stereocenters. The molecule has 0 rings (SSSR count). The second-order valence-corrected chi connectivity index (χ2v) is 5.52. The molecule has 0 aliphatic rings. The SMILES string of the molecule is C/C=C(OCCO)\C(C#CCNC(=O)OC(C)(C)C)=C(\F)CC. The molecule has 0 saturated heterocycles. The minimum atomic E-state index is -0.590.